The Balaban J connectivity index is 4.98. The van der Waals surface area contributed by atoms with Gasteiger partial charge in [0.15, 0.2) is 12.6 Å². The molecule has 5 heteroatoms. The van der Waals surface area contributed by atoms with Crippen LogP contribution in [0.1, 0.15) is 171 Å². The predicted octanol–water partition coefficient (Wildman–Crippen LogP) is 10.1. The predicted molar refractivity (Wildman–Crippen MR) is 175 cm³/mol. The van der Waals surface area contributed by atoms with Crippen molar-refractivity contribution in [2.45, 2.75) is 196 Å². The summed E-state index contributed by atoms with van der Waals surface area (Å²) in [6.45, 7) is 19.0. The largest absolute Gasteiger partial charge is 0.393 e. The second kappa shape index (κ2) is 27.4. The lowest BCUT2D eigenvalue weighted by atomic mass is 9.90. The molecule has 0 amide bonds. The van der Waals surface area contributed by atoms with Crippen molar-refractivity contribution < 1.29 is 24.4 Å². The van der Waals surface area contributed by atoms with E-state index in [4.69, 9.17) is 14.2 Å². The monoisotopic (exact) mass is 587 g/mol. The summed E-state index contributed by atoms with van der Waals surface area (Å²) in [6, 6.07) is 0. The normalized spacial score (nSPS) is 18.0. The zero-order valence-corrected chi connectivity index (χ0v) is 28.9. The second-order valence-corrected chi connectivity index (χ2v) is 13.8. The van der Waals surface area contributed by atoms with Crippen molar-refractivity contribution in [1.29, 1.82) is 0 Å². The van der Waals surface area contributed by atoms with Gasteiger partial charge in [-0.05, 0) is 102 Å². The summed E-state index contributed by atoms with van der Waals surface area (Å²) in [4.78, 5) is 0. The molecule has 0 saturated heterocycles. The summed E-state index contributed by atoms with van der Waals surface area (Å²) in [6.07, 6.45) is 19.1. The minimum absolute atomic E-state index is 0.206. The maximum absolute atomic E-state index is 9.72. The van der Waals surface area contributed by atoms with E-state index in [9.17, 15) is 10.2 Å². The van der Waals surface area contributed by atoms with Gasteiger partial charge < -0.3 is 24.4 Å². The van der Waals surface area contributed by atoms with Crippen molar-refractivity contribution in [2.75, 3.05) is 13.2 Å². The molecule has 8 unspecified atom stereocenters. The van der Waals surface area contributed by atoms with Gasteiger partial charge in [0.25, 0.3) is 0 Å². The quantitative estimate of drug-likeness (QED) is 0.0647. The number of unbranched alkanes of at least 4 members (excludes halogenated alkanes) is 6. The molecule has 0 bridgehead atoms. The van der Waals surface area contributed by atoms with Gasteiger partial charge in [-0.15, -0.1) is 0 Å². The van der Waals surface area contributed by atoms with Crippen molar-refractivity contribution in [1.82, 2.24) is 0 Å². The Morgan fingerprint density at radius 3 is 1.17 bits per heavy atom. The third kappa shape index (κ3) is 27.1. The summed E-state index contributed by atoms with van der Waals surface area (Å²) in [5.41, 5.74) is 0. The van der Waals surface area contributed by atoms with Crippen LogP contribution in [0, 0.1) is 23.7 Å². The van der Waals surface area contributed by atoms with Gasteiger partial charge in [-0.3, -0.25) is 0 Å². The molecular formula is C36H74O5. The molecule has 0 saturated carbocycles. The van der Waals surface area contributed by atoms with Crippen LogP contribution >= 0.6 is 0 Å². The van der Waals surface area contributed by atoms with Crippen molar-refractivity contribution in [3.05, 3.63) is 0 Å². The number of hydrogen-bond donors (Lipinski definition) is 2. The Bertz CT molecular complexity index is 494. The molecular weight excluding hydrogens is 512 g/mol. The fourth-order valence-electron chi connectivity index (χ4n) is 6.27. The summed E-state index contributed by atoms with van der Waals surface area (Å²) in [7, 11) is 0. The van der Waals surface area contributed by atoms with Gasteiger partial charge in [-0.1, -0.05) is 92.9 Å². The topological polar surface area (TPSA) is 68.2 Å². The molecule has 0 aliphatic rings. The van der Waals surface area contributed by atoms with Crippen LogP contribution in [0.25, 0.3) is 0 Å². The van der Waals surface area contributed by atoms with E-state index in [-0.39, 0.29) is 24.8 Å². The van der Waals surface area contributed by atoms with E-state index in [2.05, 4.69) is 41.5 Å². The summed E-state index contributed by atoms with van der Waals surface area (Å²) < 4.78 is 19.3. The number of aliphatic hydroxyl groups is 2. The Hall–Kier alpha value is -0.200. The van der Waals surface area contributed by atoms with Gasteiger partial charge in [0, 0.05) is 13.2 Å². The maximum Gasteiger partial charge on any atom is 0.160 e. The van der Waals surface area contributed by atoms with Crippen molar-refractivity contribution >= 4 is 0 Å². The number of aliphatic hydroxyl groups excluding tert-OH is 2. The van der Waals surface area contributed by atoms with Crippen LogP contribution in [0.4, 0.5) is 0 Å². The lowest BCUT2D eigenvalue weighted by Gasteiger charge is -2.27. The third-order valence-corrected chi connectivity index (χ3v) is 8.28. The minimum atomic E-state index is -0.217. The van der Waals surface area contributed by atoms with Gasteiger partial charge in [0.2, 0.25) is 0 Å². The van der Waals surface area contributed by atoms with E-state index in [0.717, 1.165) is 90.3 Å². The van der Waals surface area contributed by atoms with Crippen LogP contribution in [0.15, 0.2) is 0 Å². The van der Waals surface area contributed by atoms with Crippen LogP contribution in [0.3, 0.4) is 0 Å². The molecule has 0 radical (unpaired) electrons. The summed E-state index contributed by atoms with van der Waals surface area (Å²) in [5.74, 6) is 2.37. The first kappa shape index (κ1) is 40.8. The standard InChI is InChI=1S/C36H74O5/c1-9-11-13-15-23-39-35(21-17-19-29(3)25-31(5)27-33(7)37)41-36(40-24-16-14-12-10-2)22-18-20-30(4)26-32(6)28-34(8)38/h29-38H,9-28H2,1-8H3. The van der Waals surface area contributed by atoms with Crippen LogP contribution in [-0.4, -0.2) is 48.2 Å². The first-order chi connectivity index (χ1) is 19.6. The molecule has 0 spiro atoms. The van der Waals surface area contributed by atoms with Crippen molar-refractivity contribution in [2.24, 2.45) is 23.7 Å². The van der Waals surface area contributed by atoms with Crippen LogP contribution < -0.4 is 0 Å². The highest BCUT2D eigenvalue weighted by molar-refractivity contribution is 4.65. The first-order valence-electron chi connectivity index (χ1n) is 17.8. The highest BCUT2D eigenvalue weighted by Gasteiger charge is 2.20. The van der Waals surface area contributed by atoms with Gasteiger partial charge in [-0.25, -0.2) is 0 Å². The van der Waals surface area contributed by atoms with Gasteiger partial charge in [-0.2, -0.15) is 0 Å². The molecule has 0 aliphatic heterocycles. The van der Waals surface area contributed by atoms with Crippen molar-refractivity contribution in [3.63, 3.8) is 0 Å². The second-order valence-electron chi connectivity index (χ2n) is 13.8. The molecule has 5 nitrogen and oxygen atoms in total. The smallest absolute Gasteiger partial charge is 0.160 e. The fourth-order valence-corrected chi connectivity index (χ4v) is 6.27. The SMILES string of the molecule is CCCCCCOC(CCCC(C)CC(C)CC(C)O)OC(CCCC(C)CC(C)CC(C)O)OCCCCCC. The number of ether oxygens (including phenoxy) is 3. The van der Waals surface area contributed by atoms with E-state index < -0.39 is 0 Å². The van der Waals surface area contributed by atoms with Gasteiger partial charge in [0.1, 0.15) is 0 Å². The Labute approximate surface area is 256 Å². The first-order valence-corrected chi connectivity index (χ1v) is 17.8. The Morgan fingerprint density at radius 1 is 0.439 bits per heavy atom. The van der Waals surface area contributed by atoms with Crippen LogP contribution in [0.5, 0.6) is 0 Å². The van der Waals surface area contributed by atoms with Crippen molar-refractivity contribution in [3.8, 4) is 0 Å². The highest BCUT2D eigenvalue weighted by atomic mass is 16.8. The highest BCUT2D eigenvalue weighted by Crippen LogP contribution is 2.25. The Morgan fingerprint density at radius 2 is 0.829 bits per heavy atom. The molecule has 8 atom stereocenters. The molecule has 0 aromatic heterocycles. The molecule has 0 aliphatic carbocycles. The van der Waals surface area contributed by atoms with Crippen LogP contribution in [-0.2, 0) is 14.2 Å². The zero-order chi connectivity index (χ0) is 30.9. The van der Waals surface area contributed by atoms with E-state index in [1.807, 2.05) is 13.8 Å². The average molecular weight is 587 g/mol. The number of rotatable bonds is 30. The number of hydrogen-bond acceptors (Lipinski definition) is 5. The average Bonchev–Trinajstić information content (AvgIpc) is 2.86. The lowest BCUT2D eigenvalue weighted by molar-refractivity contribution is -0.250. The van der Waals surface area contributed by atoms with E-state index in [1.165, 1.54) is 38.5 Å². The fraction of sp³-hybridized carbons (Fsp3) is 1.00. The molecule has 0 aromatic carbocycles. The van der Waals surface area contributed by atoms with Gasteiger partial charge >= 0.3 is 0 Å². The summed E-state index contributed by atoms with van der Waals surface area (Å²) >= 11 is 0. The minimum Gasteiger partial charge on any atom is -0.393 e. The lowest BCUT2D eigenvalue weighted by Crippen LogP contribution is -2.28. The van der Waals surface area contributed by atoms with E-state index >= 15 is 0 Å². The molecule has 248 valence electrons. The van der Waals surface area contributed by atoms with Gasteiger partial charge in [0.05, 0.1) is 12.2 Å². The molecule has 0 rings (SSSR count). The molecule has 41 heavy (non-hydrogen) atoms. The zero-order valence-electron chi connectivity index (χ0n) is 28.9. The third-order valence-electron chi connectivity index (χ3n) is 8.28. The van der Waals surface area contributed by atoms with E-state index in [1.54, 1.807) is 0 Å². The maximum atomic E-state index is 9.72. The van der Waals surface area contributed by atoms with E-state index in [0.29, 0.717) is 23.7 Å². The molecule has 0 heterocycles. The Kier molecular flexibility index (Phi) is 27.2. The molecule has 0 aromatic rings. The molecule has 0 fully saturated rings. The summed E-state index contributed by atoms with van der Waals surface area (Å²) in [5, 5.41) is 19.4. The molecule has 2 N–H and O–H groups in total. The van der Waals surface area contributed by atoms with Crippen LogP contribution in [0.2, 0.25) is 0 Å².